The molecule has 0 amide bonds. The third-order valence-electron chi connectivity index (χ3n) is 2.97. The van der Waals surface area contributed by atoms with E-state index in [1.807, 2.05) is 11.4 Å². The van der Waals surface area contributed by atoms with Crippen molar-refractivity contribution in [1.82, 2.24) is 0 Å². The van der Waals surface area contributed by atoms with Crippen molar-refractivity contribution in [3.05, 3.63) is 21.3 Å². The number of rotatable bonds is 3. The van der Waals surface area contributed by atoms with Gasteiger partial charge in [0.25, 0.3) is 0 Å². The molecule has 86 valence electrons. The van der Waals surface area contributed by atoms with Gasteiger partial charge in [-0.3, -0.25) is 0 Å². The second-order valence-corrected chi connectivity index (χ2v) is 7.56. The van der Waals surface area contributed by atoms with Gasteiger partial charge >= 0.3 is 0 Å². The fourth-order valence-corrected chi connectivity index (χ4v) is 3.74. The van der Waals surface area contributed by atoms with Crippen LogP contribution in [-0.4, -0.2) is 0 Å². The second-order valence-electron chi connectivity index (χ2n) is 5.10. The molecule has 1 aromatic heterocycles. The largest absolute Gasteiger partial charge is 0.146 e. The molecule has 1 heterocycles. The summed E-state index contributed by atoms with van der Waals surface area (Å²) in [6, 6.07) is 1.97. The van der Waals surface area contributed by atoms with Gasteiger partial charge in [0.15, 0.2) is 0 Å². The molecule has 0 bridgehead atoms. The lowest BCUT2D eigenvalue weighted by molar-refractivity contribution is 0.247. The van der Waals surface area contributed by atoms with Crippen molar-refractivity contribution in [3.8, 4) is 0 Å². The van der Waals surface area contributed by atoms with Crippen LogP contribution in [0, 0.1) is 11.3 Å². The second kappa shape index (κ2) is 5.20. The summed E-state index contributed by atoms with van der Waals surface area (Å²) in [4.78, 5) is 1.65. The Hall–Kier alpha value is 0.470. The molecule has 2 atom stereocenters. The Morgan fingerprint density at radius 2 is 2.07 bits per heavy atom. The number of hydrogen-bond donors (Lipinski definition) is 0. The normalized spacial score (nSPS) is 16.4. The highest BCUT2D eigenvalue weighted by Gasteiger charge is 2.24. The van der Waals surface area contributed by atoms with Crippen LogP contribution in [0.15, 0.2) is 11.4 Å². The van der Waals surface area contributed by atoms with Gasteiger partial charge in [-0.1, -0.05) is 55.2 Å². The number of alkyl halides is 1. The SMILES string of the molecule is CC(CC(Br)c1sccc1Cl)C(C)(C)C. The van der Waals surface area contributed by atoms with Crippen LogP contribution < -0.4 is 0 Å². The summed E-state index contributed by atoms with van der Waals surface area (Å²) in [6.45, 7) is 9.16. The molecule has 0 nitrogen and oxygen atoms in total. The molecule has 0 aliphatic rings. The van der Waals surface area contributed by atoms with Crippen molar-refractivity contribution in [2.24, 2.45) is 11.3 Å². The summed E-state index contributed by atoms with van der Waals surface area (Å²) >= 11 is 11.6. The molecule has 15 heavy (non-hydrogen) atoms. The lowest BCUT2D eigenvalue weighted by Gasteiger charge is -2.28. The van der Waals surface area contributed by atoms with Gasteiger partial charge in [0.1, 0.15) is 0 Å². The predicted octanol–water partition coefficient (Wildman–Crippen LogP) is 5.91. The molecule has 0 N–H and O–H groups in total. The molecule has 0 fully saturated rings. The maximum Gasteiger partial charge on any atom is 0.0556 e. The monoisotopic (exact) mass is 308 g/mol. The first-order valence-electron chi connectivity index (χ1n) is 5.19. The first-order chi connectivity index (χ1) is 6.82. The Kier molecular flexibility index (Phi) is 4.69. The highest BCUT2D eigenvalue weighted by molar-refractivity contribution is 9.09. The molecular formula is C12H18BrClS. The Labute approximate surface area is 110 Å². The van der Waals surface area contributed by atoms with Crippen LogP contribution in [-0.2, 0) is 0 Å². The number of thiophene rings is 1. The zero-order valence-electron chi connectivity index (χ0n) is 9.68. The van der Waals surface area contributed by atoms with Gasteiger partial charge in [0.05, 0.1) is 9.85 Å². The Bertz CT molecular complexity index is 314. The van der Waals surface area contributed by atoms with Gasteiger partial charge in [0.2, 0.25) is 0 Å². The van der Waals surface area contributed by atoms with E-state index in [0.29, 0.717) is 16.2 Å². The van der Waals surface area contributed by atoms with Crippen molar-refractivity contribution < 1.29 is 0 Å². The average Bonchev–Trinajstić information content (AvgIpc) is 2.49. The Balaban J connectivity index is 2.64. The standard InChI is InChI=1S/C12H18BrClS/c1-8(12(2,3)4)7-9(13)11-10(14)5-6-15-11/h5-6,8-9H,7H2,1-4H3. The van der Waals surface area contributed by atoms with Crippen LogP contribution in [0.1, 0.15) is 43.8 Å². The van der Waals surface area contributed by atoms with Crippen molar-refractivity contribution in [2.75, 3.05) is 0 Å². The third-order valence-corrected chi connectivity index (χ3v) is 5.58. The maximum atomic E-state index is 6.11. The van der Waals surface area contributed by atoms with E-state index >= 15 is 0 Å². The van der Waals surface area contributed by atoms with Gasteiger partial charge in [0, 0.05) is 4.88 Å². The Morgan fingerprint density at radius 3 is 2.47 bits per heavy atom. The molecule has 0 aliphatic heterocycles. The van der Waals surface area contributed by atoms with E-state index in [4.69, 9.17) is 11.6 Å². The summed E-state index contributed by atoms with van der Waals surface area (Å²) in [5.41, 5.74) is 0.357. The summed E-state index contributed by atoms with van der Waals surface area (Å²) in [5.74, 6) is 0.667. The van der Waals surface area contributed by atoms with Crippen LogP contribution in [0.3, 0.4) is 0 Å². The van der Waals surface area contributed by atoms with Gasteiger partial charge in [-0.15, -0.1) is 11.3 Å². The molecule has 1 aromatic rings. The molecule has 1 rings (SSSR count). The van der Waals surface area contributed by atoms with Crippen molar-refractivity contribution in [2.45, 2.75) is 38.9 Å². The fourth-order valence-electron chi connectivity index (χ4n) is 1.30. The van der Waals surface area contributed by atoms with Crippen molar-refractivity contribution in [3.63, 3.8) is 0 Å². The van der Waals surface area contributed by atoms with Gasteiger partial charge in [-0.05, 0) is 29.2 Å². The molecule has 0 radical (unpaired) electrons. The molecule has 3 heteroatoms. The molecule has 0 spiro atoms. The summed E-state index contributed by atoms with van der Waals surface area (Å²) < 4.78 is 0. The minimum atomic E-state index is 0.357. The van der Waals surface area contributed by atoms with E-state index in [2.05, 4.69) is 43.6 Å². The van der Waals surface area contributed by atoms with Crippen LogP contribution in [0.5, 0.6) is 0 Å². The van der Waals surface area contributed by atoms with E-state index in [0.717, 1.165) is 11.4 Å². The van der Waals surface area contributed by atoms with Gasteiger partial charge in [-0.25, -0.2) is 0 Å². The average molecular weight is 310 g/mol. The minimum absolute atomic E-state index is 0.357. The summed E-state index contributed by atoms with van der Waals surface area (Å²) in [6.07, 6.45) is 1.13. The van der Waals surface area contributed by atoms with Gasteiger partial charge in [-0.2, -0.15) is 0 Å². The smallest absolute Gasteiger partial charge is 0.0556 e. The predicted molar refractivity (Wildman–Crippen MR) is 74.2 cm³/mol. The molecule has 0 saturated carbocycles. The molecule has 0 aliphatic carbocycles. The van der Waals surface area contributed by atoms with E-state index in [1.165, 1.54) is 4.88 Å². The van der Waals surface area contributed by atoms with Crippen molar-refractivity contribution >= 4 is 38.9 Å². The molecular weight excluding hydrogens is 292 g/mol. The van der Waals surface area contributed by atoms with Crippen LogP contribution in [0.2, 0.25) is 5.02 Å². The fraction of sp³-hybridized carbons (Fsp3) is 0.667. The van der Waals surface area contributed by atoms with Crippen LogP contribution in [0.4, 0.5) is 0 Å². The first-order valence-corrected chi connectivity index (χ1v) is 7.36. The van der Waals surface area contributed by atoms with E-state index in [1.54, 1.807) is 11.3 Å². The van der Waals surface area contributed by atoms with Crippen LogP contribution >= 0.6 is 38.9 Å². The molecule has 0 saturated heterocycles. The third kappa shape index (κ3) is 3.76. The summed E-state index contributed by atoms with van der Waals surface area (Å²) in [7, 11) is 0. The van der Waals surface area contributed by atoms with E-state index in [-0.39, 0.29) is 0 Å². The molecule has 0 aromatic carbocycles. The number of hydrogen-bond acceptors (Lipinski definition) is 1. The van der Waals surface area contributed by atoms with Gasteiger partial charge < -0.3 is 0 Å². The topological polar surface area (TPSA) is 0 Å². The lowest BCUT2D eigenvalue weighted by Crippen LogP contribution is -2.18. The van der Waals surface area contributed by atoms with E-state index < -0.39 is 0 Å². The highest BCUT2D eigenvalue weighted by Crippen LogP contribution is 2.41. The maximum absolute atomic E-state index is 6.11. The quantitative estimate of drug-likeness (QED) is 0.609. The molecule has 2 unspecified atom stereocenters. The zero-order valence-corrected chi connectivity index (χ0v) is 12.8. The minimum Gasteiger partial charge on any atom is -0.146 e. The van der Waals surface area contributed by atoms with E-state index in [9.17, 15) is 0 Å². The Morgan fingerprint density at radius 1 is 1.47 bits per heavy atom. The van der Waals surface area contributed by atoms with Crippen molar-refractivity contribution in [1.29, 1.82) is 0 Å². The highest BCUT2D eigenvalue weighted by atomic mass is 79.9. The lowest BCUT2D eigenvalue weighted by atomic mass is 9.79. The first kappa shape index (κ1) is 13.5. The number of halogens is 2. The summed E-state index contributed by atoms with van der Waals surface area (Å²) in [5, 5.41) is 2.94. The van der Waals surface area contributed by atoms with Crippen LogP contribution in [0.25, 0.3) is 0 Å². The zero-order chi connectivity index (χ0) is 11.6.